The second kappa shape index (κ2) is 6.30. The first-order valence-corrected chi connectivity index (χ1v) is 9.54. The summed E-state index contributed by atoms with van der Waals surface area (Å²) in [6, 6.07) is 6.01. The number of benzene rings is 1. The van der Waals surface area contributed by atoms with Crippen LogP contribution in [0.3, 0.4) is 0 Å². The lowest BCUT2D eigenvalue weighted by molar-refractivity contribution is 0.718. The van der Waals surface area contributed by atoms with Crippen LogP contribution in [0, 0.1) is 6.92 Å². The molecule has 0 N–H and O–H groups in total. The van der Waals surface area contributed by atoms with Crippen molar-refractivity contribution in [3.63, 3.8) is 0 Å². The van der Waals surface area contributed by atoms with Crippen molar-refractivity contribution in [2.45, 2.75) is 33.1 Å². The van der Waals surface area contributed by atoms with E-state index in [1.54, 1.807) is 18.6 Å². The van der Waals surface area contributed by atoms with E-state index in [0.29, 0.717) is 11.6 Å². The van der Waals surface area contributed by atoms with Crippen LogP contribution in [0.15, 0.2) is 43.0 Å². The molecular formula is C21H24N8. The average molecular weight is 391 g/mol. The van der Waals surface area contributed by atoms with Crippen LogP contribution in [0.25, 0.3) is 0 Å². The number of rotatable bonds is 2. The zero-order chi connectivity index (χ0) is 22.8. The third-order valence-corrected chi connectivity index (χ3v) is 5.82. The first kappa shape index (κ1) is 14.6. The summed E-state index contributed by atoms with van der Waals surface area (Å²) in [5, 5.41) is 0. The molecule has 0 bridgehead atoms. The van der Waals surface area contributed by atoms with Crippen LogP contribution in [-0.4, -0.2) is 46.3 Å². The molecule has 8 heteroatoms. The molecule has 4 heterocycles. The molecule has 0 unspecified atom stereocenters. The van der Waals surface area contributed by atoms with Crippen molar-refractivity contribution < 1.29 is 4.11 Å². The highest BCUT2D eigenvalue weighted by Crippen LogP contribution is 2.46. The molecule has 29 heavy (non-hydrogen) atoms. The van der Waals surface area contributed by atoms with Crippen molar-refractivity contribution in [2.24, 2.45) is 0 Å². The lowest BCUT2D eigenvalue weighted by atomic mass is 10.1. The van der Waals surface area contributed by atoms with E-state index in [1.165, 1.54) is 11.1 Å². The Balaban J connectivity index is 1.65. The molecule has 2 aromatic heterocycles. The summed E-state index contributed by atoms with van der Waals surface area (Å²) in [5.74, 6) is 2.50. The molecule has 0 radical (unpaired) electrons. The van der Waals surface area contributed by atoms with Crippen LogP contribution in [0.4, 0.5) is 34.6 Å². The molecule has 0 amide bonds. The predicted molar refractivity (Wildman–Crippen MR) is 115 cm³/mol. The smallest absolute Gasteiger partial charge is 0.178 e. The number of aromatic nitrogens is 4. The minimum Gasteiger partial charge on any atom is -0.336 e. The Hall–Kier alpha value is -3.42. The van der Waals surface area contributed by atoms with Gasteiger partial charge in [0.1, 0.15) is 12.3 Å². The Kier molecular flexibility index (Phi) is 3.16. The lowest BCUT2D eigenvalue weighted by Crippen LogP contribution is -2.37. The van der Waals surface area contributed by atoms with Crippen LogP contribution in [-0.2, 0) is 0 Å². The predicted octanol–water partition coefficient (Wildman–Crippen LogP) is 3.44. The average Bonchev–Trinajstić information content (AvgIpc) is 3.19. The second-order valence-electron chi connectivity index (χ2n) is 7.31. The number of anilines is 6. The Labute approximate surface area is 174 Å². The molecule has 0 saturated heterocycles. The summed E-state index contributed by atoms with van der Waals surface area (Å²) >= 11 is 0. The van der Waals surface area contributed by atoms with Crippen LogP contribution in [0.2, 0.25) is 0 Å². The molecule has 148 valence electrons. The summed E-state index contributed by atoms with van der Waals surface area (Å²) < 4.78 is 24.1. The monoisotopic (exact) mass is 391 g/mol. The molecule has 0 aliphatic carbocycles. The highest BCUT2D eigenvalue weighted by atomic mass is 15.5. The number of hydrogen-bond donors (Lipinski definition) is 0. The third-order valence-electron chi connectivity index (χ3n) is 5.82. The molecule has 1 aromatic carbocycles. The van der Waals surface area contributed by atoms with Crippen molar-refractivity contribution >= 4 is 34.6 Å². The topological polar surface area (TPSA) is 64.5 Å². The van der Waals surface area contributed by atoms with Gasteiger partial charge in [-0.1, -0.05) is 6.07 Å². The number of nitrogens with zero attached hydrogens (tertiary/aromatic N) is 8. The number of fused-ring (bicyclic) bond motifs is 2. The second-order valence-corrected chi connectivity index (χ2v) is 7.31. The molecule has 3 aromatic rings. The summed E-state index contributed by atoms with van der Waals surface area (Å²) in [7, 11) is 2.00. The quantitative estimate of drug-likeness (QED) is 0.658. The molecular weight excluding hydrogens is 364 g/mol. The van der Waals surface area contributed by atoms with E-state index in [0.717, 1.165) is 28.6 Å². The molecule has 0 saturated carbocycles. The minimum atomic E-state index is -2.34. The normalized spacial score (nSPS) is 22.3. The maximum Gasteiger partial charge on any atom is 0.178 e. The van der Waals surface area contributed by atoms with E-state index < -0.39 is 13.1 Å². The Bertz CT molecular complexity index is 1180. The Morgan fingerprint density at radius 1 is 0.759 bits per heavy atom. The van der Waals surface area contributed by atoms with Crippen LogP contribution in [0.1, 0.15) is 23.5 Å². The Morgan fingerprint density at radius 2 is 1.21 bits per heavy atom. The van der Waals surface area contributed by atoms with Crippen molar-refractivity contribution in [2.75, 3.05) is 33.6 Å². The molecule has 2 aliphatic heterocycles. The van der Waals surface area contributed by atoms with Gasteiger partial charge in [0.05, 0.1) is 0 Å². The minimum absolute atomic E-state index is 0.0169. The fourth-order valence-electron chi connectivity index (χ4n) is 4.17. The molecule has 2 atom stereocenters. The van der Waals surface area contributed by atoms with E-state index in [9.17, 15) is 0 Å². The number of hydrogen-bond acceptors (Lipinski definition) is 8. The van der Waals surface area contributed by atoms with Gasteiger partial charge in [0.15, 0.2) is 23.3 Å². The van der Waals surface area contributed by atoms with E-state index in [4.69, 9.17) is 4.11 Å². The fourth-order valence-corrected chi connectivity index (χ4v) is 4.17. The van der Waals surface area contributed by atoms with E-state index in [1.807, 2.05) is 44.0 Å². The van der Waals surface area contributed by atoms with E-state index in [2.05, 4.69) is 36.7 Å². The Morgan fingerprint density at radius 3 is 1.72 bits per heavy atom. The van der Waals surface area contributed by atoms with Crippen molar-refractivity contribution in [3.8, 4) is 0 Å². The summed E-state index contributed by atoms with van der Waals surface area (Å²) in [4.78, 5) is 25.4. The van der Waals surface area contributed by atoms with Crippen molar-refractivity contribution in [1.29, 1.82) is 0 Å². The fraction of sp³-hybridized carbons (Fsp3) is 0.333. The first-order valence-electron chi connectivity index (χ1n) is 11.0. The maximum atomic E-state index is 8.04. The molecule has 0 spiro atoms. The van der Waals surface area contributed by atoms with Gasteiger partial charge >= 0.3 is 0 Å². The van der Waals surface area contributed by atoms with Gasteiger partial charge in [-0.2, -0.15) is 0 Å². The van der Waals surface area contributed by atoms with Gasteiger partial charge in [0.25, 0.3) is 0 Å². The zero-order valence-corrected chi connectivity index (χ0v) is 16.8. The third kappa shape index (κ3) is 2.38. The van der Waals surface area contributed by atoms with Crippen LogP contribution in [0.5, 0.6) is 0 Å². The van der Waals surface area contributed by atoms with Gasteiger partial charge in [-0.15, -0.1) is 0 Å². The van der Waals surface area contributed by atoms with Gasteiger partial charge in [-0.3, -0.25) is 0 Å². The molecule has 2 aliphatic rings. The molecule has 8 nitrogen and oxygen atoms in total. The summed E-state index contributed by atoms with van der Waals surface area (Å²) in [6.07, 6.45) is 6.03. The van der Waals surface area contributed by atoms with Gasteiger partial charge < -0.3 is 19.6 Å². The highest BCUT2D eigenvalue weighted by molar-refractivity contribution is 5.85. The summed E-state index contributed by atoms with van der Waals surface area (Å²) in [6.45, 7) is 3.65. The largest absolute Gasteiger partial charge is 0.336 e. The van der Waals surface area contributed by atoms with Crippen LogP contribution >= 0.6 is 0 Å². The standard InChI is InChI=1S/C21H24N8/c1-13-16(28-14(2)26(4)18-20(28)24-11-9-22-18)7-6-8-17(13)29-15(3)27(5)19-21(29)25-12-10-23-19/h6-12,14-15H,1-5H3/t14-,15+/i4D3/m1/s1. The van der Waals surface area contributed by atoms with E-state index in [-0.39, 0.29) is 6.17 Å². The van der Waals surface area contributed by atoms with Crippen molar-refractivity contribution in [3.05, 3.63) is 48.5 Å². The van der Waals surface area contributed by atoms with Gasteiger partial charge in [0.2, 0.25) is 0 Å². The lowest BCUT2D eigenvalue weighted by Gasteiger charge is -2.32. The van der Waals surface area contributed by atoms with Crippen LogP contribution < -0.4 is 19.6 Å². The van der Waals surface area contributed by atoms with E-state index >= 15 is 0 Å². The molecule has 0 fully saturated rings. The van der Waals surface area contributed by atoms with Crippen molar-refractivity contribution in [1.82, 2.24) is 19.9 Å². The van der Waals surface area contributed by atoms with Gasteiger partial charge in [-0.05, 0) is 38.5 Å². The zero-order valence-electron chi connectivity index (χ0n) is 19.8. The van der Waals surface area contributed by atoms with Gasteiger partial charge in [-0.25, -0.2) is 19.9 Å². The highest BCUT2D eigenvalue weighted by Gasteiger charge is 2.38. The molecule has 5 rings (SSSR count). The first-order chi connectivity index (χ1) is 15.2. The SMILES string of the molecule is [2H]C([2H])([2H])N1c2nccnc2N(c2cccc(N3c4nccnc4N(C)[C@@H]3C)c2C)[C@@H]1C. The summed E-state index contributed by atoms with van der Waals surface area (Å²) in [5.41, 5.74) is 2.84. The maximum absolute atomic E-state index is 8.04. The van der Waals surface area contributed by atoms with Gasteiger partial charge in [0, 0.05) is 54.3 Å².